The molecular formula is C20H17F3N2O2. The van der Waals surface area contributed by atoms with Gasteiger partial charge < -0.3 is 10.1 Å². The predicted molar refractivity (Wildman–Crippen MR) is 95.6 cm³/mol. The molecule has 0 saturated carbocycles. The summed E-state index contributed by atoms with van der Waals surface area (Å²) in [6.45, 7) is 0.500. The van der Waals surface area contributed by atoms with Gasteiger partial charge in [-0.3, -0.25) is 9.78 Å². The lowest BCUT2D eigenvalue weighted by atomic mass is 10.1. The number of benzene rings is 2. The van der Waals surface area contributed by atoms with Gasteiger partial charge in [-0.2, -0.15) is 13.2 Å². The van der Waals surface area contributed by atoms with Crippen molar-refractivity contribution in [1.82, 2.24) is 10.3 Å². The molecule has 0 unspecified atom stereocenters. The number of alkyl halides is 3. The zero-order valence-corrected chi connectivity index (χ0v) is 14.3. The van der Waals surface area contributed by atoms with Crippen LogP contribution in [0.25, 0.3) is 10.9 Å². The molecule has 0 fully saturated rings. The lowest BCUT2D eigenvalue weighted by Gasteiger charge is -2.13. The first-order chi connectivity index (χ1) is 13.0. The van der Waals surface area contributed by atoms with E-state index in [1.54, 1.807) is 12.3 Å². The molecule has 3 aromatic rings. The molecule has 4 nitrogen and oxygen atoms in total. The molecule has 140 valence electrons. The van der Waals surface area contributed by atoms with Gasteiger partial charge in [-0.15, -0.1) is 0 Å². The largest absolute Gasteiger partial charge is 0.491 e. The summed E-state index contributed by atoms with van der Waals surface area (Å²) >= 11 is 0. The molecule has 0 aliphatic carbocycles. The third-order valence-electron chi connectivity index (χ3n) is 3.94. The van der Waals surface area contributed by atoms with Crippen molar-refractivity contribution < 1.29 is 22.7 Å². The van der Waals surface area contributed by atoms with Crippen molar-refractivity contribution in [2.24, 2.45) is 0 Å². The lowest BCUT2D eigenvalue weighted by molar-refractivity contribution is -0.137. The summed E-state index contributed by atoms with van der Waals surface area (Å²) in [5.74, 6) is -0.128. The van der Waals surface area contributed by atoms with Crippen LogP contribution in [0.3, 0.4) is 0 Å². The number of rotatable bonds is 6. The van der Waals surface area contributed by atoms with Gasteiger partial charge in [0.2, 0.25) is 0 Å². The fourth-order valence-corrected chi connectivity index (χ4v) is 2.67. The average molecular weight is 374 g/mol. The van der Waals surface area contributed by atoms with Crippen molar-refractivity contribution in [1.29, 1.82) is 0 Å². The van der Waals surface area contributed by atoms with E-state index >= 15 is 0 Å². The molecule has 1 heterocycles. The maximum atomic E-state index is 13.0. The number of fused-ring (bicyclic) bond motifs is 1. The number of amides is 1. The fourth-order valence-electron chi connectivity index (χ4n) is 2.67. The van der Waals surface area contributed by atoms with E-state index in [2.05, 4.69) is 10.3 Å². The van der Waals surface area contributed by atoms with Gasteiger partial charge in [0, 0.05) is 18.1 Å². The van der Waals surface area contributed by atoms with Crippen molar-refractivity contribution in [2.45, 2.75) is 12.6 Å². The fraction of sp³-hybridized carbons (Fsp3) is 0.200. The maximum absolute atomic E-state index is 13.0. The molecule has 1 amide bonds. The normalized spacial score (nSPS) is 11.4. The van der Waals surface area contributed by atoms with Gasteiger partial charge in [0.1, 0.15) is 11.3 Å². The van der Waals surface area contributed by atoms with E-state index in [0.717, 1.165) is 23.0 Å². The van der Waals surface area contributed by atoms with Gasteiger partial charge in [-0.1, -0.05) is 30.3 Å². The molecule has 0 atom stereocenters. The average Bonchev–Trinajstić information content (AvgIpc) is 2.67. The number of nitrogens with one attached hydrogen (secondary N) is 1. The van der Waals surface area contributed by atoms with Gasteiger partial charge in [0.05, 0.1) is 17.7 Å². The number of carbonyl (C=O) groups excluding carboxylic acids is 1. The Kier molecular flexibility index (Phi) is 5.59. The van der Waals surface area contributed by atoms with E-state index in [4.69, 9.17) is 4.74 Å². The molecule has 0 saturated heterocycles. The van der Waals surface area contributed by atoms with Crippen LogP contribution in [0.4, 0.5) is 13.2 Å². The highest BCUT2D eigenvalue weighted by Gasteiger charge is 2.34. The van der Waals surface area contributed by atoms with Gasteiger partial charge in [0.25, 0.3) is 5.91 Å². The Bertz CT molecular complexity index is 936. The number of nitrogens with zero attached hydrogens (tertiary/aromatic N) is 1. The molecule has 2 aromatic carbocycles. The van der Waals surface area contributed by atoms with E-state index < -0.39 is 17.6 Å². The Hall–Kier alpha value is -3.09. The Morgan fingerprint density at radius 2 is 1.81 bits per heavy atom. The molecule has 0 spiro atoms. The second-order valence-electron chi connectivity index (χ2n) is 5.83. The number of halogens is 3. The zero-order chi connectivity index (χ0) is 19.3. The van der Waals surface area contributed by atoms with Crippen LogP contribution in [-0.2, 0) is 6.18 Å². The van der Waals surface area contributed by atoms with Crippen LogP contribution >= 0.6 is 0 Å². The molecule has 1 N–H and O–H groups in total. The highest BCUT2D eigenvalue weighted by atomic mass is 19.4. The molecule has 7 heteroatoms. The van der Waals surface area contributed by atoms with Gasteiger partial charge in [0.15, 0.2) is 0 Å². The summed E-state index contributed by atoms with van der Waals surface area (Å²) in [6.07, 6.45) is -2.45. The number of hydrogen-bond acceptors (Lipinski definition) is 3. The standard InChI is InChI=1S/C20H17F3N2O2/c21-20(22,23)16-9-2-1-8-15(16)19(26)25-12-5-13-27-17-10-3-6-14-7-4-11-24-18(14)17/h1-4,6-11H,5,12-13H2,(H,25,26). The summed E-state index contributed by atoms with van der Waals surface area (Å²) in [4.78, 5) is 16.3. The quantitative estimate of drug-likeness (QED) is 0.649. The lowest BCUT2D eigenvalue weighted by Crippen LogP contribution is -2.28. The minimum absolute atomic E-state index is 0.198. The summed E-state index contributed by atoms with van der Waals surface area (Å²) in [5, 5.41) is 3.45. The first-order valence-electron chi connectivity index (χ1n) is 8.38. The minimum Gasteiger partial charge on any atom is -0.491 e. The number of ether oxygens (including phenoxy) is 1. The molecule has 3 rings (SSSR count). The second-order valence-corrected chi connectivity index (χ2v) is 5.83. The van der Waals surface area contributed by atoms with Crippen LogP contribution in [0, 0.1) is 0 Å². The summed E-state index contributed by atoms with van der Waals surface area (Å²) in [6, 6.07) is 14.1. The van der Waals surface area contributed by atoms with Crippen LogP contribution < -0.4 is 10.1 Å². The number of pyridine rings is 1. The van der Waals surface area contributed by atoms with Crippen molar-refractivity contribution in [3.8, 4) is 5.75 Å². The smallest absolute Gasteiger partial charge is 0.417 e. The maximum Gasteiger partial charge on any atom is 0.417 e. The molecule has 0 bridgehead atoms. The highest BCUT2D eigenvalue weighted by Crippen LogP contribution is 2.31. The monoisotopic (exact) mass is 374 g/mol. The van der Waals surface area contributed by atoms with E-state index in [9.17, 15) is 18.0 Å². The summed E-state index contributed by atoms with van der Waals surface area (Å²) in [7, 11) is 0. The van der Waals surface area contributed by atoms with Crippen LogP contribution in [0.2, 0.25) is 0 Å². The van der Waals surface area contributed by atoms with Crippen LogP contribution in [-0.4, -0.2) is 24.0 Å². The third kappa shape index (κ3) is 4.55. The first kappa shape index (κ1) is 18.7. The topological polar surface area (TPSA) is 51.2 Å². The van der Waals surface area contributed by atoms with E-state index in [1.807, 2.05) is 24.3 Å². The number of aromatic nitrogens is 1. The van der Waals surface area contributed by atoms with Crippen molar-refractivity contribution in [3.05, 3.63) is 71.9 Å². The predicted octanol–water partition coefficient (Wildman–Crippen LogP) is 4.45. The summed E-state index contributed by atoms with van der Waals surface area (Å²) < 4.78 is 44.6. The van der Waals surface area contributed by atoms with Crippen LogP contribution in [0.1, 0.15) is 22.3 Å². The summed E-state index contributed by atoms with van der Waals surface area (Å²) in [5.41, 5.74) is -0.590. The van der Waals surface area contributed by atoms with Gasteiger partial charge in [-0.05, 0) is 30.7 Å². The Morgan fingerprint density at radius 1 is 1.04 bits per heavy atom. The van der Waals surface area contributed by atoms with E-state index in [-0.39, 0.29) is 12.1 Å². The van der Waals surface area contributed by atoms with E-state index in [1.165, 1.54) is 12.1 Å². The molecule has 1 aromatic heterocycles. The molecule has 0 aliphatic heterocycles. The Labute approximate surface area is 154 Å². The van der Waals surface area contributed by atoms with Crippen molar-refractivity contribution in [2.75, 3.05) is 13.2 Å². The Balaban J connectivity index is 1.53. The highest BCUT2D eigenvalue weighted by molar-refractivity contribution is 5.95. The SMILES string of the molecule is O=C(NCCCOc1cccc2cccnc12)c1ccccc1C(F)(F)F. The first-order valence-corrected chi connectivity index (χ1v) is 8.38. The third-order valence-corrected chi connectivity index (χ3v) is 3.94. The Morgan fingerprint density at radius 3 is 2.63 bits per heavy atom. The van der Waals surface area contributed by atoms with Crippen LogP contribution in [0.5, 0.6) is 5.75 Å². The van der Waals surface area contributed by atoms with Gasteiger partial charge in [-0.25, -0.2) is 0 Å². The van der Waals surface area contributed by atoms with Crippen molar-refractivity contribution in [3.63, 3.8) is 0 Å². The second kappa shape index (κ2) is 8.07. The zero-order valence-electron chi connectivity index (χ0n) is 14.3. The van der Waals surface area contributed by atoms with Crippen molar-refractivity contribution >= 4 is 16.8 Å². The minimum atomic E-state index is -4.57. The van der Waals surface area contributed by atoms with Crippen LogP contribution in [0.15, 0.2) is 60.8 Å². The molecule has 27 heavy (non-hydrogen) atoms. The molecule has 0 radical (unpaired) electrons. The number of hydrogen-bond donors (Lipinski definition) is 1. The van der Waals surface area contributed by atoms with E-state index in [0.29, 0.717) is 18.8 Å². The van der Waals surface area contributed by atoms with Gasteiger partial charge >= 0.3 is 6.18 Å². The number of carbonyl (C=O) groups is 1. The molecular weight excluding hydrogens is 357 g/mol. The number of para-hydroxylation sites is 1. The molecule has 0 aliphatic rings.